The third kappa shape index (κ3) is 7.52. The normalized spacial score (nSPS) is 12.4. The Balaban J connectivity index is 1.98. The molecule has 1 N–H and O–H groups in total. The quantitative estimate of drug-likeness (QED) is 0.401. The molecule has 202 valence electrons. The van der Waals surface area contributed by atoms with E-state index in [1.165, 1.54) is 24.1 Å². The maximum Gasteiger partial charge on any atom is 0.243 e. The molecule has 3 aromatic carbocycles. The van der Waals surface area contributed by atoms with Crippen molar-refractivity contribution in [3.05, 3.63) is 101 Å². The lowest BCUT2D eigenvalue weighted by molar-refractivity contribution is -0.141. The van der Waals surface area contributed by atoms with E-state index >= 15 is 0 Å². The van der Waals surface area contributed by atoms with Gasteiger partial charge >= 0.3 is 0 Å². The fourth-order valence-electron chi connectivity index (χ4n) is 4.16. The maximum atomic E-state index is 13.9. The number of benzene rings is 3. The number of nitrogens with one attached hydrogen (secondary N) is 1. The number of likely N-dealkylation sites (N-methyl/N-ethyl adjacent to an activating group) is 1. The van der Waals surface area contributed by atoms with Crippen LogP contribution in [0.3, 0.4) is 0 Å². The number of nitrogens with zero attached hydrogens (tertiary/aromatic N) is 2. The van der Waals surface area contributed by atoms with E-state index in [-0.39, 0.29) is 23.4 Å². The Labute approximate surface area is 226 Å². The molecule has 0 aliphatic heterocycles. The molecule has 0 bridgehead atoms. The van der Waals surface area contributed by atoms with E-state index in [9.17, 15) is 18.0 Å². The molecule has 2 amide bonds. The number of hydrogen-bond donors (Lipinski definition) is 1. The van der Waals surface area contributed by atoms with Gasteiger partial charge < -0.3 is 10.2 Å². The van der Waals surface area contributed by atoms with E-state index in [1.807, 2.05) is 82.3 Å². The second-order valence-corrected chi connectivity index (χ2v) is 11.9. The van der Waals surface area contributed by atoms with Crippen LogP contribution >= 0.6 is 0 Å². The highest BCUT2D eigenvalue weighted by molar-refractivity contribution is 7.89. The number of sulfonamides is 1. The van der Waals surface area contributed by atoms with E-state index in [1.54, 1.807) is 12.1 Å². The van der Waals surface area contributed by atoms with Gasteiger partial charge in [0.1, 0.15) is 6.04 Å². The monoisotopic (exact) mass is 535 g/mol. The molecule has 0 aliphatic carbocycles. The molecule has 0 fully saturated rings. The molecule has 0 spiro atoms. The molecule has 0 saturated carbocycles. The SMILES string of the molecule is Cc1ccc(S(=O)(=O)N(C)CC(=O)N(Cc2ccccc2C)[C@H](Cc2ccccc2)C(=O)NC(C)C)cc1. The van der Waals surface area contributed by atoms with Crippen molar-refractivity contribution < 1.29 is 18.0 Å². The molecule has 3 aromatic rings. The maximum absolute atomic E-state index is 13.9. The Hall–Kier alpha value is -3.49. The first-order chi connectivity index (χ1) is 18.0. The third-order valence-electron chi connectivity index (χ3n) is 6.39. The van der Waals surface area contributed by atoms with E-state index in [0.717, 1.165) is 26.6 Å². The zero-order chi connectivity index (χ0) is 27.9. The number of carbonyl (C=O) groups excluding carboxylic acids is 2. The second kappa shape index (κ2) is 12.8. The van der Waals surface area contributed by atoms with Crippen LogP contribution in [0.25, 0.3) is 0 Å². The van der Waals surface area contributed by atoms with Crippen LogP contribution in [-0.4, -0.2) is 55.1 Å². The smallest absolute Gasteiger partial charge is 0.243 e. The van der Waals surface area contributed by atoms with Crippen molar-refractivity contribution in [2.45, 2.75) is 57.6 Å². The molecule has 8 heteroatoms. The molecular formula is C30H37N3O4S. The topological polar surface area (TPSA) is 86.8 Å². The van der Waals surface area contributed by atoms with Crippen LogP contribution in [0.5, 0.6) is 0 Å². The summed E-state index contributed by atoms with van der Waals surface area (Å²) < 4.78 is 27.5. The fraction of sp³-hybridized carbons (Fsp3) is 0.333. The molecule has 0 aromatic heterocycles. The first-order valence-electron chi connectivity index (χ1n) is 12.7. The van der Waals surface area contributed by atoms with Crippen LogP contribution in [0.15, 0.2) is 83.8 Å². The Morgan fingerprint density at radius 2 is 1.47 bits per heavy atom. The summed E-state index contributed by atoms with van der Waals surface area (Å²) in [6.45, 7) is 7.34. The first kappa shape index (κ1) is 29.1. The summed E-state index contributed by atoms with van der Waals surface area (Å²) in [5.41, 5.74) is 3.71. The Bertz CT molecular complexity index is 1340. The standard InChI is InChI=1S/C30H37N3O4S/c1-22(2)31-30(35)28(19-25-12-7-6-8-13-25)33(20-26-14-10-9-11-24(26)4)29(34)21-32(5)38(36,37)27-17-15-23(3)16-18-27/h6-18,22,28H,19-21H2,1-5H3,(H,31,35)/t28-/m1/s1. The van der Waals surface area contributed by atoms with Gasteiger partial charge in [-0.25, -0.2) is 8.42 Å². The highest BCUT2D eigenvalue weighted by atomic mass is 32.2. The van der Waals surface area contributed by atoms with Crippen LogP contribution in [0, 0.1) is 13.8 Å². The average molecular weight is 536 g/mol. The van der Waals surface area contributed by atoms with E-state index < -0.39 is 28.5 Å². The molecule has 1 atom stereocenters. The fourth-order valence-corrected chi connectivity index (χ4v) is 5.28. The van der Waals surface area contributed by atoms with Gasteiger partial charge in [0.05, 0.1) is 11.4 Å². The molecule has 38 heavy (non-hydrogen) atoms. The van der Waals surface area contributed by atoms with Crippen molar-refractivity contribution in [2.75, 3.05) is 13.6 Å². The van der Waals surface area contributed by atoms with Crippen LogP contribution in [-0.2, 0) is 32.6 Å². The Kier molecular flexibility index (Phi) is 9.83. The van der Waals surface area contributed by atoms with Crippen LogP contribution in [0.4, 0.5) is 0 Å². The van der Waals surface area contributed by atoms with Gasteiger partial charge in [0.2, 0.25) is 21.8 Å². The lowest BCUT2D eigenvalue weighted by Gasteiger charge is -2.33. The number of carbonyl (C=O) groups is 2. The van der Waals surface area contributed by atoms with Gasteiger partial charge in [-0.1, -0.05) is 72.3 Å². The van der Waals surface area contributed by atoms with Gasteiger partial charge in [0.25, 0.3) is 0 Å². The van der Waals surface area contributed by atoms with Crippen molar-refractivity contribution >= 4 is 21.8 Å². The third-order valence-corrected chi connectivity index (χ3v) is 8.21. The first-order valence-corrected chi connectivity index (χ1v) is 14.1. The summed E-state index contributed by atoms with van der Waals surface area (Å²) in [5.74, 6) is -0.735. The van der Waals surface area contributed by atoms with Gasteiger partial charge in [0.15, 0.2) is 0 Å². The molecule has 7 nitrogen and oxygen atoms in total. The van der Waals surface area contributed by atoms with Crippen molar-refractivity contribution in [3.8, 4) is 0 Å². The molecule has 0 saturated heterocycles. The molecular weight excluding hydrogens is 498 g/mol. The highest BCUT2D eigenvalue weighted by Gasteiger charge is 2.33. The summed E-state index contributed by atoms with van der Waals surface area (Å²) in [6.07, 6.45) is 0.297. The van der Waals surface area contributed by atoms with E-state index in [0.29, 0.717) is 6.42 Å². The van der Waals surface area contributed by atoms with Gasteiger partial charge in [-0.2, -0.15) is 4.31 Å². The minimum absolute atomic E-state index is 0.113. The van der Waals surface area contributed by atoms with Gasteiger partial charge in [-0.05, 0) is 56.5 Å². The average Bonchev–Trinajstić information content (AvgIpc) is 2.87. The van der Waals surface area contributed by atoms with Crippen LogP contribution in [0.2, 0.25) is 0 Å². The lowest BCUT2D eigenvalue weighted by atomic mass is 10.0. The Morgan fingerprint density at radius 3 is 2.08 bits per heavy atom. The van der Waals surface area contributed by atoms with E-state index in [2.05, 4.69) is 5.32 Å². The van der Waals surface area contributed by atoms with Crippen molar-refractivity contribution in [1.82, 2.24) is 14.5 Å². The van der Waals surface area contributed by atoms with Crippen LogP contribution in [0.1, 0.15) is 36.1 Å². The van der Waals surface area contributed by atoms with Crippen molar-refractivity contribution in [3.63, 3.8) is 0 Å². The van der Waals surface area contributed by atoms with Crippen molar-refractivity contribution in [2.24, 2.45) is 0 Å². The zero-order valence-electron chi connectivity index (χ0n) is 22.7. The summed E-state index contributed by atoms with van der Waals surface area (Å²) in [5, 5.41) is 2.95. The molecule has 0 unspecified atom stereocenters. The largest absolute Gasteiger partial charge is 0.352 e. The van der Waals surface area contributed by atoms with Crippen molar-refractivity contribution in [1.29, 1.82) is 0 Å². The molecule has 0 aliphatic rings. The number of amides is 2. The summed E-state index contributed by atoms with van der Waals surface area (Å²) in [7, 11) is -2.52. The second-order valence-electron chi connectivity index (χ2n) is 9.89. The summed E-state index contributed by atoms with van der Waals surface area (Å²) in [6, 6.07) is 22.7. The van der Waals surface area contributed by atoms with Gasteiger partial charge in [-0.3, -0.25) is 9.59 Å². The summed E-state index contributed by atoms with van der Waals surface area (Å²) >= 11 is 0. The predicted molar refractivity (Wildman–Crippen MR) is 150 cm³/mol. The lowest BCUT2D eigenvalue weighted by Crippen LogP contribution is -2.54. The minimum Gasteiger partial charge on any atom is -0.352 e. The van der Waals surface area contributed by atoms with E-state index in [4.69, 9.17) is 0 Å². The molecule has 0 heterocycles. The minimum atomic E-state index is -3.90. The number of aryl methyl sites for hydroxylation is 2. The number of hydrogen-bond acceptors (Lipinski definition) is 4. The predicted octanol–water partition coefficient (Wildman–Crippen LogP) is 4.09. The highest BCUT2D eigenvalue weighted by Crippen LogP contribution is 2.20. The number of rotatable bonds is 11. The molecule has 0 radical (unpaired) electrons. The van der Waals surface area contributed by atoms with Gasteiger partial charge in [-0.15, -0.1) is 0 Å². The van der Waals surface area contributed by atoms with Gasteiger partial charge in [0, 0.05) is 26.1 Å². The zero-order valence-corrected chi connectivity index (χ0v) is 23.5. The summed E-state index contributed by atoms with van der Waals surface area (Å²) in [4.78, 5) is 29.0. The van der Waals surface area contributed by atoms with Crippen LogP contribution < -0.4 is 5.32 Å². The molecule has 3 rings (SSSR count). The Morgan fingerprint density at radius 1 is 0.868 bits per heavy atom.